The van der Waals surface area contributed by atoms with Crippen molar-refractivity contribution in [3.8, 4) is 0 Å². The highest BCUT2D eigenvalue weighted by Gasteiger charge is 2.18. The van der Waals surface area contributed by atoms with Crippen LogP contribution in [-0.2, 0) is 13.0 Å². The van der Waals surface area contributed by atoms with E-state index in [9.17, 15) is 0 Å². The molecule has 0 radical (unpaired) electrons. The first kappa shape index (κ1) is 14.3. The van der Waals surface area contributed by atoms with Crippen LogP contribution in [0.4, 0.5) is 5.82 Å². The smallest absolute Gasteiger partial charge is 0.156 e. The molecule has 0 unspecified atom stereocenters. The third-order valence-corrected chi connectivity index (χ3v) is 4.45. The lowest BCUT2D eigenvalue weighted by molar-refractivity contribution is 0.578. The monoisotopic (exact) mass is 287 g/mol. The van der Waals surface area contributed by atoms with Gasteiger partial charge in [-0.15, -0.1) is 0 Å². The van der Waals surface area contributed by atoms with Gasteiger partial charge in [0.25, 0.3) is 0 Å². The average molecular weight is 287 g/mol. The van der Waals surface area contributed by atoms with E-state index in [-0.39, 0.29) is 0 Å². The summed E-state index contributed by atoms with van der Waals surface area (Å²) in [6.45, 7) is 8.10. The number of nitrogens with zero attached hydrogens (tertiary/aromatic N) is 4. The molecule has 1 aliphatic carbocycles. The van der Waals surface area contributed by atoms with Crippen LogP contribution in [0, 0.1) is 12.8 Å². The molecule has 0 aliphatic heterocycles. The van der Waals surface area contributed by atoms with Crippen molar-refractivity contribution in [3.05, 3.63) is 11.5 Å². The van der Waals surface area contributed by atoms with Gasteiger partial charge in [-0.25, -0.2) is 9.97 Å². The summed E-state index contributed by atoms with van der Waals surface area (Å²) in [4.78, 5) is 9.39. The van der Waals surface area contributed by atoms with Crippen LogP contribution in [0.2, 0.25) is 0 Å². The van der Waals surface area contributed by atoms with Crippen LogP contribution in [0.25, 0.3) is 11.0 Å². The largest absolute Gasteiger partial charge is 0.368 e. The summed E-state index contributed by atoms with van der Waals surface area (Å²) in [5, 5.41) is 8.18. The van der Waals surface area contributed by atoms with Crippen LogP contribution >= 0.6 is 0 Å². The molecule has 1 N–H and O–H groups in total. The van der Waals surface area contributed by atoms with Gasteiger partial charge in [0.2, 0.25) is 0 Å². The highest BCUT2D eigenvalue weighted by Crippen LogP contribution is 2.27. The van der Waals surface area contributed by atoms with E-state index in [0.717, 1.165) is 53.8 Å². The Bertz CT molecular complexity index is 625. The molecular weight excluding hydrogens is 262 g/mol. The van der Waals surface area contributed by atoms with Gasteiger partial charge in [0.05, 0.1) is 5.69 Å². The van der Waals surface area contributed by atoms with Crippen LogP contribution in [0.15, 0.2) is 0 Å². The second kappa shape index (κ2) is 6.00. The van der Waals surface area contributed by atoms with Gasteiger partial charge in [-0.1, -0.05) is 19.8 Å². The Morgan fingerprint density at radius 3 is 2.62 bits per heavy atom. The predicted molar refractivity (Wildman–Crippen MR) is 85.6 cm³/mol. The Labute approximate surface area is 126 Å². The van der Waals surface area contributed by atoms with Gasteiger partial charge in [-0.3, -0.25) is 4.68 Å². The lowest BCUT2D eigenvalue weighted by atomic mass is 10.1. The van der Waals surface area contributed by atoms with Crippen LogP contribution in [0.5, 0.6) is 0 Å². The van der Waals surface area contributed by atoms with Crippen LogP contribution in [-0.4, -0.2) is 26.3 Å². The highest BCUT2D eigenvalue weighted by atomic mass is 15.3. The Morgan fingerprint density at radius 2 is 1.95 bits per heavy atom. The van der Waals surface area contributed by atoms with Crippen molar-refractivity contribution in [2.45, 2.75) is 59.4 Å². The van der Waals surface area contributed by atoms with Crippen molar-refractivity contribution in [1.82, 2.24) is 19.7 Å². The molecule has 2 aromatic heterocycles. The Balaban J connectivity index is 1.97. The molecule has 1 aliphatic rings. The molecule has 0 spiro atoms. The number of aryl methyl sites for hydroxylation is 3. The van der Waals surface area contributed by atoms with E-state index < -0.39 is 0 Å². The summed E-state index contributed by atoms with van der Waals surface area (Å²) in [5.41, 5.74) is 3.05. The summed E-state index contributed by atoms with van der Waals surface area (Å²) >= 11 is 0. The molecular formula is C16H25N5. The maximum Gasteiger partial charge on any atom is 0.156 e. The second-order valence-electron chi connectivity index (χ2n) is 5.97. The lowest BCUT2D eigenvalue weighted by Gasteiger charge is -2.13. The molecule has 0 atom stereocenters. The standard InChI is InChI=1S/C16H25N5/c1-4-13-18-14-11(3)20-21(5-2)15(14)16(19-13)17-10-12-8-6-7-9-12/h12H,4-10H2,1-3H3,(H,17,18,19). The van der Waals surface area contributed by atoms with Crippen LogP contribution in [0.3, 0.4) is 0 Å². The van der Waals surface area contributed by atoms with E-state index in [1.54, 1.807) is 0 Å². The second-order valence-corrected chi connectivity index (χ2v) is 5.97. The molecule has 1 fully saturated rings. The van der Waals surface area contributed by atoms with Gasteiger partial charge >= 0.3 is 0 Å². The quantitative estimate of drug-likeness (QED) is 0.916. The number of anilines is 1. The molecule has 2 heterocycles. The van der Waals surface area contributed by atoms with Crippen molar-refractivity contribution in [3.63, 3.8) is 0 Å². The Hall–Kier alpha value is -1.65. The number of hydrogen-bond acceptors (Lipinski definition) is 4. The van der Waals surface area contributed by atoms with Gasteiger partial charge in [0, 0.05) is 19.5 Å². The molecule has 3 rings (SSSR count). The third-order valence-electron chi connectivity index (χ3n) is 4.45. The average Bonchev–Trinajstić information content (AvgIpc) is 3.13. The zero-order valence-electron chi connectivity index (χ0n) is 13.3. The minimum absolute atomic E-state index is 0.791. The number of nitrogens with one attached hydrogen (secondary N) is 1. The van der Waals surface area contributed by atoms with Gasteiger partial charge in [0.1, 0.15) is 16.9 Å². The summed E-state index contributed by atoms with van der Waals surface area (Å²) < 4.78 is 2.01. The number of hydrogen-bond donors (Lipinski definition) is 1. The van der Waals surface area contributed by atoms with Gasteiger partial charge in [-0.05, 0) is 32.6 Å². The first-order valence-electron chi connectivity index (χ1n) is 8.20. The van der Waals surface area contributed by atoms with Crippen molar-refractivity contribution in [1.29, 1.82) is 0 Å². The summed E-state index contributed by atoms with van der Waals surface area (Å²) in [5.74, 6) is 2.65. The third kappa shape index (κ3) is 2.74. The highest BCUT2D eigenvalue weighted by molar-refractivity contribution is 5.87. The zero-order chi connectivity index (χ0) is 14.8. The Kier molecular flexibility index (Phi) is 4.08. The molecule has 0 bridgehead atoms. The van der Waals surface area contributed by atoms with E-state index >= 15 is 0 Å². The van der Waals surface area contributed by atoms with Crippen LogP contribution < -0.4 is 5.32 Å². The van der Waals surface area contributed by atoms with Crippen LogP contribution in [0.1, 0.15) is 51.0 Å². The molecule has 2 aromatic rings. The van der Waals surface area contributed by atoms with Crippen molar-refractivity contribution in [2.24, 2.45) is 5.92 Å². The SMILES string of the molecule is CCc1nc(NCC2CCCC2)c2c(n1)c(C)nn2CC. The van der Waals surface area contributed by atoms with E-state index in [1.807, 2.05) is 11.6 Å². The molecule has 0 saturated heterocycles. The lowest BCUT2D eigenvalue weighted by Crippen LogP contribution is -2.14. The molecule has 0 aromatic carbocycles. The first-order valence-corrected chi connectivity index (χ1v) is 8.20. The fourth-order valence-electron chi connectivity index (χ4n) is 3.24. The summed E-state index contributed by atoms with van der Waals surface area (Å²) in [6.07, 6.45) is 6.28. The predicted octanol–water partition coefficient (Wildman–Crippen LogP) is 3.32. The number of aromatic nitrogens is 4. The fourth-order valence-corrected chi connectivity index (χ4v) is 3.24. The maximum absolute atomic E-state index is 4.72. The molecule has 114 valence electrons. The summed E-state index contributed by atoms with van der Waals surface area (Å²) in [6, 6.07) is 0. The molecule has 1 saturated carbocycles. The van der Waals surface area contributed by atoms with Gasteiger partial charge in [0.15, 0.2) is 5.82 Å². The normalized spacial score (nSPS) is 16.0. The molecule has 0 amide bonds. The first-order chi connectivity index (χ1) is 10.2. The van der Waals surface area contributed by atoms with Gasteiger partial charge in [-0.2, -0.15) is 5.10 Å². The zero-order valence-corrected chi connectivity index (χ0v) is 13.3. The number of fused-ring (bicyclic) bond motifs is 1. The fraction of sp³-hybridized carbons (Fsp3) is 0.688. The van der Waals surface area contributed by atoms with Crippen molar-refractivity contribution in [2.75, 3.05) is 11.9 Å². The minimum Gasteiger partial charge on any atom is -0.368 e. The summed E-state index contributed by atoms with van der Waals surface area (Å²) in [7, 11) is 0. The minimum atomic E-state index is 0.791. The Morgan fingerprint density at radius 1 is 1.19 bits per heavy atom. The molecule has 5 heteroatoms. The number of rotatable bonds is 5. The van der Waals surface area contributed by atoms with Gasteiger partial charge < -0.3 is 5.32 Å². The van der Waals surface area contributed by atoms with E-state index in [4.69, 9.17) is 4.98 Å². The topological polar surface area (TPSA) is 55.6 Å². The maximum atomic E-state index is 4.72. The molecule has 5 nitrogen and oxygen atoms in total. The van der Waals surface area contributed by atoms with E-state index in [2.05, 4.69) is 29.2 Å². The van der Waals surface area contributed by atoms with E-state index in [1.165, 1.54) is 25.7 Å². The van der Waals surface area contributed by atoms with Crippen molar-refractivity contribution >= 4 is 16.9 Å². The van der Waals surface area contributed by atoms with Crippen molar-refractivity contribution < 1.29 is 0 Å². The van der Waals surface area contributed by atoms with E-state index in [0.29, 0.717) is 0 Å². The molecule has 21 heavy (non-hydrogen) atoms.